The van der Waals surface area contributed by atoms with Crippen molar-refractivity contribution in [3.63, 3.8) is 0 Å². The molecule has 1 saturated heterocycles. The summed E-state index contributed by atoms with van der Waals surface area (Å²) in [4.78, 5) is 14.1. The Morgan fingerprint density at radius 3 is 2.65 bits per heavy atom. The summed E-state index contributed by atoms with van der Waals surface area (Å²) >= 11 is 0. The van der Waals surface area contributed by atoms with Crippen LogP contribution in [0.5, 0.6) is 0 Å². The van der Waals surface area contributed by atoms with Gasteiger partial charge < -0.3 is 15.4 Å². The lowest BCUT2D eigenvalue weighted by molar-refractivity contribution is -0.144. The van der Waals surface area contributed by atoms with Crippen molar-refractivity contribution >= 4 is 5.97 Å². The topological polar surface area (TPSA) is 55.6 Å². The Morgan fingerprint density at radius 2 is 1.95 bits per heavy atom. The van der Waals surface area contributed by atoms with Crippen molar-refractivity contribution < 1.29 is 9.53 Å². The molecule has 1 heterocycles. The van der Waals surface area contributed by atoms with Gasteiger partial charge in [0.2, 0.25) is 0 Å². The Labute approximate surface area is 123 Å². The SMILES string of the molecule is CCOC(=O)CC1CC(N)CN(CC2CCCCC2)C1. The second kappa shape index (κ2) is 7.99. The number of piperidine rings is 1. The molecule has 0 amide bonds. The minimum atomic E-state index is -0.0655. The summed E-state index contributed by atoms with van der Waals surface area (Å²) in [5.74, 6) is 1.16. The number of carbonyl (C=O) groups excluding carboxylic acids is 1. The summed E-state index contributed by atoms with van der Waals surface area (Å²) in [6.07, 6.45) is 8.40. The van der Waals surface area contributed by atoms with E-state index in [2.05, 4.69) is 4.90 Å². The first-order chi connectivity index (χ1) is 9.67. The largest absolute Gasteiger partial charge is 0.466 e. The summed E-state index contributed by atoms with van der Waals surface area (Å²) in [5.41, 5.74) is 6.18. The average molecular weight is 282 g/mol. The Hall–Kier alpha value is -0.610. The van der Waals surface area contributed by atoms with E-state index in [9.17, 15) is 4.79 Å². The van der Waals surface area contributed by atoms with Gasteiger partial charge in [-0.2, -0.15) is 0 Å². The molecule has 2 fully saturated rings. The fourth-order valence-electron chi connectivity index (χ4n) is 3.84. The van der Waals surface area contributed by atoms with Crippen LogP contribution in [0.3, 0.4) is 0 Å². The van der Waals surface area contributed by atoms with Gasteiger partial charge in [-0.25, -0.2) is 0 Å². The predicted molar refractivity (Wildman–Crippen MR) is 80.3 cm³/mol. The van der Waals surface area contributed by atoms with Gasteiger partial charge in [0.1, 0.15) is 0 Å². The molecule has 0 aromatic carbocycles. The molecule has 1 saturated carbocycles. The number of nitrogens with two attached hydrogens (primary N) is 1. The lowest BCUT2D eigenvalue weighted by atomic mass is 9.86. The van der Waals surface area contributed by atoms with Crippen molar-refractivity contribution in [3.05, 3.63) is 0 Å². The third-order valence-electron chi connectivity index (χ3n) is 4.65. The van der Waals surface area contributed by atoms with Crippen LogP contribution < -0.4 is 5.73 Å². The first kappa shape index (κ1) is 15.8. The van der Waals surface area contributed by atoms with Crippen LogP contribution in [0.4, 0.5) is 0 Å². The van der Waals surface area contributed by atoms with Gasteiger partial charge in [-0.1, -0.05) is 19.3 Å². The normalized spacial score (nSPS) is 29.3. The molecule has 2 atom stereocenters. The number of ether oxygens (including phenoxy) is 1. The Kier molecular flexibility index (Phi) is 6.30. The van der Waals surface area contributed by atoms with Crippen LogP contribution in [0.2, 0.25) is 0 Å². The molecule has 116 valence electrons. The molecule has 2 aliphatic rings. The molecule has 0 aromatic heterocycles. The molecular weight excluding hydrogens is 252 g/mol. The highest BCUT2D eigenvalue weighted by Gasteiger charge is 2.28. The van der Waals surface area contributed by atoms with Crippen LogP contribution in [-0.2, 0) is 9.53 Å². The quantitative estimate of drug-likeness (QED) is 0.785. The van der Waals surface area contributed by atoms with E-state index in [1.54, 1.807) is 0 Å². The van der Waals surface area contributed by atoms with Crippen LogP contribution in [0, 0.1) is 11.8 Å². The van der Waals surface area contributed by atoms with E-state index in [-0.39, 0.29) is 12.0 Å². The van der Waals surface area contributed by atoms with Crippen LogP contribution in [0.25, 0.3) is 0 Å². The highest BCUT2D eigenvalue weighted by atomic mass is 16.5. The number of hydrogen-bond acceptors (Lipinski definition) is 4. The van der Waals surface area contributed by atoms with Crippen LogP contribution in [0.15, 0.2) is 0 Å². The molecular formula is C16H30N2O2. The van der Waals surface area contributed by atoms with Gasteiger partial charge in [0.15, 0.2) is 0 Å². The van der Waals surface area contributed by atoms with Crippen molar-refractivity contribution in [2.45, 2.75) is 57.9 Å². The molecule has 20 heavy (non-hydrogen) atoms. The first-order valence-corrected chi connectivity index (χ1v) is 8.31. The first-order valence-electron chi connectivity index (χ1n) is 8.31. The monoisotopic (exact) mass is 282 g/mol. The molecule has 2 unspecified atom stereocenters. The van der Waals surface area contributed by atoms with Crippen LogP contribution in [0.1, 0.15) is 51.9 Å². The third-order valence-corrected chi connectivity index (χ3v) is 4.65. The molecule has 0 spiro atoms. The molecule has 4 heteroatoms. The second-order valence-electron chi connectivity index (χ2n) is 6.59. The summed E-state index contributed by atoms with van der Waals surface area (Å²) in [6.45, 7) is 5.52. The smallest absolute Gasteiger partial charge is 0.306 e. The van der Waals surface area contributed by atoms with E-state index < -0.39 is 0 Å². The molecule has 1 aliphatic heterocycles. The molecule has 2 rings (SSSR count). The van der Waals surface area contributed by atoms with Crippen LogP contribution >= 0.6 is 0 Å². The number of hydrogen-bond donors (Lipinski definition) is 1. The van der Waals surface area contributed by atoms with Gasteiger partial charge in [0.25, 0.3) is 0 Å². The van der Waals surface area contributed by atoms with Crippen molar-refractivity contribution in [1.29, 1.82) is 0 Å². The summed E-state index contributed by atoms with van der Waals surface area (Å²) in [6, 6.07) is 0.215. The maximum absolute atomic E-state index is 11.6. The highest BCUT2D eigenvalue weighted by Crippen LogP contribution is 2.27. The lowest BCUT2D eigenvalue weighted by Crippen LogP contribution is -2.49. The second-order valence-corrected chi connectivity index (χ2v) is 6.59. The van der Waals surface area contributed by atoms with Gasteiger partial charge in [0.05, 0.1) is 6.61 Å². The molecule has 4 nitrogen and oxygen atoms in total. The van der Waals surface area contributed by atoms with E-state index >= 15 is 0 Å². The fraction of sp³-hybridized carbons (Fsp3) is 0.938. The van der Waals surface area contributed by atoms with E-state index in [0.29, 0.717) is 18.9 Å². The minimum Gasteiger partial charge on any atom is -0.466 e. The Balaban J connectivity index is 1.79. The zero-order valence-corrected chi connectivity index (χ0v) is 12.9. The molecule has 1 aliphatic carbocycles. The summed E-state index contributed by atoms with van der Waals surface area (Å²) in [5, 5.41) is 0. The highest BCUT2D eigenvalue weighted by molar-refractivity contribution is 5.69. The molecule has 0 radical (unpaired) electrons. The minimum absolute atomic E-state index is 0.0655. The van der Waals surface area contributed by atoms with E-state index in [1.807, 2.05) is 6.92 Å². The van der Waals surface area contributed by atoms with E-state index in [1.165, 1.54) is 38.6 Å². The molecule has 0 bridgehead atoms. The zero-order valence-electron chi connectivity index (χ0n) is 12.9. The summed E-state index contributed by atoms with van der Waals surface area (Å²) < 4.78 is 5.07. The van der Waals surface area contributed by atoms with Gasteiger partial charge in [0, 0.05) is 32.1 Å². The van der Waals surface area contributed by atoms with Crippen molar-refractivity contribution in [3.8, 4) is 0 Å². The van der Waals surface area contributed by atoms with Crippen molar-refractivity contribution in [2.24, 2.45) is 17.6 Å². The Morgan fingerprint density at radius 1 is 1.20 bits per heavy atom. The lowest BCUT2D eigenvalue weighted by Gasteiger charge is -2.38. The zero-order chi connectivity index (χ0) is 14.4. The van der Waals surface area contributed by atoms with Gasteiger partial charge >= 0.3 is 5.97 Å². The standard InChI is InChI=1S/C16H30N2O2/c1-2-20-16(19)9-14-8-15(17)12-18(11-14)10-13-6-4-3-5-7-13/h13-15H,2-12,17H2,1H3. The van der Waals surface area contributed by atoms with Gasteiger partial charge in [-0.15, -0.1) is 0 Å². The van der Waals surface area contributed by atoms with E-state index in [4.69, 9.17) is 10.5 Å². The number of likely N-dealkylation sites (tertiary alicyclic amines) is 1. The van der Waals surface area contributed by atoms with Crippen LogP contribution in [-0.4, -0.2) is 43.2 Å². The fourth-order valence-corrected chi connectivity index (χ4v) is 3.84. The number of carbonyl (C=O) groups is 1. The van der Waals surface area contributed by atoms with Crippen molar-refractivity contribution in [1.82, 2.24) is 4.90 Å². The summed E-state index contributed by atoms with van der Waals surface area (Å²) in [7, 11) is 0. The number of rotatable bonds is 5. The maximum Gasteiger partial charge on any atom is 0.306 e. The predicted octanol–water partition coefficient (Wildman–Crippen LogP) is 2.17. The maximum atomic E-state index is 11.6. The van der Waals surface area contributed by atoms with Crippen molar-refractivity contribution in [2.75, 3.05) is 26.2 Å². The Bertz CT molecular complexity index is 303. The third kappa shape index (κ3) is 5.06. The molecule has 2 N–H and O–H groups in total. The van der Waals surface area contributed by atoms with Gasteiger partial charge in [-0.05, 0) is 38.0 Å². The number of nitrogens with zero attached hydrogens (tertiary/aromatic N) is 1. The van der Waals surface area contributed by atoms with Gasteiger partial charge in [-0.3, -0.25) is 4.79 Å². The molecule has 0 aromatic rings. The number of esters is 1. The van der Waals surface area contributed by atoms with E-state index in [0.717, 1.165) is 25.4 Å². The average Bonchev–Trinajstić information content (AvgIpc) is 2.39.